The second-order valence-corrected chi connectivity index (χ2v) is 7.91. The van der Waals surface area contributed by atoms with E-state index in [4.69, 9.17) is 4.74 Å². The van der Waals surface area contributed by atoms with Crippen LogP contribution in [-0.2, 0) is 9.53 Å². The van der Waals surface area contributed by atoms with E-state index in [1.165, 1.54) is 0 Å². The molecule has 2 amide bonds. The van der Waals surface area contributed by atoms with E-state index in [1.54, 1.807) is 11.1 Å². The Labute approximate surface area is 149 Å². The van der Waals surface area contributed by atoms with Crippen LogP contribution in [0.25, 0.3) is 0 Å². The fraction of sp³-hybridized carbons (Fsp3) is 0.562. The number of fused-ring (bicyclic) bond motifs is 3. The van der Waals surface area contributed by atoms with Gasteiger partial charge in [-0.05, 0) is 49.2 Å². The van der Waals surface area contributed by atoms with Gasteiger partial charge >= 0.3 is 6.09 Å². The summed E-state index contributed by atoms with van der Waals surface area (Å²) in [5.41, 5.74) is 1.12. The van der Waals surface area contributed by atoms with E-state index < -0.39 is 11.6 Å². The van der Waals surface area contributed by atoms with E-state index in [0.717, 1.165) is 21.5 Å². The fourth-order valence-corrected chi connectivity index (χ4v) is 3.19. The molecule has 3 heterocycles. The lowest BCUT2D eigenvalue weighted by atomic mass is 10.1. The number of nitrogens with one attached hydrogen (secondary N) is 1. The van der Waals surface area contributed by atoms with Crippen LogP contribution in [0.4, 0.5) is 16.3 Å². The maximum absolute atomic E-state index is 12.5. The Morgan fingerprint density at radius 1 is 1.42 bits per heavy atom. The van der Waals surface area contributed by atoms with Gasteiger partial charge in [-0.1, -0.05) is 0 Å². The van der Waals surface area contributed by atoms with Crippen molar-refractivity contribution in [3.63, 3.8) is 0 Å². The molecule has 0 saturated carbocycles. The second-order valence-electron chi connectivity index (χ2n) is 7.05. The van der Waals surface area contributed by atoms with Gasteiger partial charge in [0, 0.05) is 23.8 Å². The monoisotopic (exact) mass is 396 g/mol. The maximum Gasteiger partial charge on any atom is 0.410 e. The van der Waals surface area contributed by atoms with Gasteiger partial charge in [0.2, 0.25) is 5.91 Å². The summed E-state index contributed by atoms with van der Waals surface area (Å²) in [6.07, 6.45) is 1.35. The van der Waals surface area contributed by atoms with Crippen LogP contribution in [0.3, 0.4) is 0 Å². The molecule has 0 radical (unpaired) electrons. The molecule has 7 nitrogen and oxygen atoms in total. The molecule has 0 bridgehead atoms. The van der Waals surface area contributed by atoms with Gasteiger partial charge in [0.05, 0.1) is 12.2 Å². The molecule has 0 aromatic carbocycles. The highest BCUT2D eigenvalue weighted by Gasteiger charge is 2.41. The number of carbonyl (C=O) groups is 2. The van der Waals surface area contributed by atoms with Crippen molar-refractivity contribution in [2.45, 2.75) is 39.3 Å². The number of ether oxygens (including phenoxy) is 1. The molecule has 1 fully saturated rings. The smallest absolute Gasteiger partial charge is 0.410 e. The summed E-state index contributed by atoms with van der Waals surface area (Å²) in [7, 11) is 0. The number of carbonyl (C=O) groups excluding carboxylic acids is 2. The molecular weight excluding hydrogens is 376 g/mol. The van der Waals surface area contributed by atoms with Gasteiger partial charge in [-0.3, -0.25) is 4.79 Å². The predicted octanol–water partition coefficient (Wildman–Crippen LogP) is 2.53. The number of pyridine rings is 1. The molecule has 1 aromatic heterocycles. The Bertz CT molecular complexity index is 701. The summed E-state index contributed by atoms with van der Waals surface area (Å²) in [6, 6.07) is -0.452. The average molecular weight is 397 g/mol. The normalized spacial score (nSPS) is 20.2. The third-order valence-electron chi connectivity index (χ3n) is 4.11. The molecule has 24 heavy (non-hydrogen) atoms. The molecule has 1 saturated heterocycles. The van der Waals surface area contributed by atoms with Crippen LogP contribution in [0.15, 0.2) is 10.7 Å². The molecule has 0 aliphatic carbocycles. The first-order valence-corrected chi connectivity index (χ1v) is 8.67. The van der Waals surface area contributed by atoms with E-state index in [-0.39, 0.29) is 18.5 Å². The number of halogens is 1. The first kappa shape index (κ1) is 17.0. The first-order chi connectivity index (χ1) is 11.2. The minimum absolute atomic E-state index is 0.126. The maximum atomic E-state index is 12.5. The molecule has 1 N–H and O–H groups in total. The Kier molecular flexibility index (Phi) is 4.19. The molecule has 0 spiro atoms. The highest BCUT2D eigenvalue weighted by atomic mass is 79.9. The number of aromatic nitrogens is 1. The molecule has 8 heteroatoms. The lowest BCUT2D eigenvalue weighted by Crippen LogP contribution is -2.61. The Morgan fingerprint density at radius 2 is 2.12 bits per heavy atom. The Balaban J connectivity index is 1.83. The fourth-order valence-electron chi connectivity index (χ4n) is 2.89. The minimum atomic E-state index is -0.555. The van der Waals surface area contributed by atoms with E-state index in [2.05, 4.69) is 26.2 Å². The lowest BCUT2D eigenvalue weighted by Gasteiger charge is -2.44. The second kappa shape index (κ2) is 5.91. The Hall–Kier alpha value is -1.83. The van der Waals surface area contributed by atoms with Crippen molar-refractivity contribution < 1.29 is 14.3 Å². The number of piperazine rings is 1. The SMILES string of the molecule is Cc1c(Br)cnc2c1NC(=O)C1CN(C(=O)OC(C)(C)C)CCN21. The Morgan fingerprint density at radius 3 is 2.79 bits per heavy atom. The molecule has 2 aliphatic heterocycles. The standard InChI is InChI=1S/C16H21BrN4O3/c1-9-10(17)7-18-13-12(9)19-14(22)11-8-20(5-6-21(11)13)15(23)24-16(2,3)4/h7,11H,5-6,8H2,1-4H3,(H,19,22). The van der Waals surface area contributed by atoms with Gasteiger partial charge < -0.3 is 19.9 Å². The third-order valence-corrected chi connectivity index (χ3v) is 4.91. The van der Waals surface area contributed by atoms with E-state index in [9.17, 15) is 9.59 Å². The minimum Gasteiger partial charge on any atom is -0.444 e. The third kappa shape index (κ3) is 3.07. The van der Waals surface area contributed by atoms with Crippen LogP contribution >= 0.6 is 15.9 Å². The summed E-state index contributed by atoms with van der Waals surface area (Å²) >= 11 is 3.44. The van der Waals surface area contributed by atoms with Crippen LogP contribution in [0.1, 0.15) is 26.3 Å². The van der Waals surface area contributed by atoms with E-state index in [0.29, 0.717) is 13.1 Å². The van der Waals surface area contributed by atoms with Crippen LogP contribution in [0.5, 0.6) is 0 Å². The number of hydrogen-bond donors (Lipinski definition) is 1. The summed E-state index contributed by atoms with van der Waals surface area (Å²) in [5.74, 6) is 0.628. The summed E-state index contributed by atoms with van der Waals surface area (Å²) in [6.45, 7) is 8.74. The van der Waals surface area contributed by atoms with Gasteiger partial charge in [0.15, 0.2) is 5.82 Å². The molecule has 2 aliphatic rings. The van der Waals surface area contributed by atoms with Gasteiger partial charge in [0.1, 0.15) is 11.6 Å². The van der Waals surface area contributed by atoms with Gasteiger partial charge in [-0.25, -0.2) is 9.78 Å². The quantitative estimate of drug-likeness (QED) is 0.728. The van der Waals surface area contributed by atoms with Crippen molar-refractivity contribution in [1.82, 2.24) is 9.88 Å². The number of anilines is 2. The van der Waals surface area contributed by atoms with Crippen molar-refractivity contribution in [3.8, 4) is 0 Å². The predicted molar refractivity (Wildman–Crippen MR) is 94.2 cm³/mol. The van der Waals surface area contributed by atoms with Crippen molar-refractivity contribution >= 4 is 39.4 Å². The summed E-state index contributed by atoms with van der Waals surface area (Å²) < 4.78 is 6.27. The number of hydrogen-bond acceptors (Lipinski definition) is 5. The number of rotatable bonds is 0. The average Bonchev–Trinajstić information content (AvgIpc) is 2.49. The van der Waals surface area contributed by atoms with Crippen LogP contribution in [-0.4, -0.2) is 53.2 Å². The summed E-state index contributed by atoms with van der Waals surface area (Å²) in [5, 5.41) is 2.92. The number of nitrogens with zero attached hydrogens (tertiary/aromatic N) is 3. The zero-order chi connectivity index (χ0) is 17.6. The van der Waals surface area contributed by atoms with E-state index in [1.807, 2.05) is 32.6 Å². The molecule has 130 valence electrons. The van der Waals surface area contributed by atoms with Crippen LogP contribution in [0.2, 0.25) is 0 Å². The molecular formula is C16H21BrN4O3. The highest BCUT2D eigenvalue weighted by Crippen LogP contribution is 2.37. The van der Waals surface area contributed by atoms with Crippen LogP contribution < -0.4 is 10.2 Å². The topological polar surface area (TPSA) is 74.8 Å². The van der Waals surface area contributed by atoms with Crippen molar-refractivity contribution in [2.24, 2.45) is 0 Å². The van der Waals surface area contributed by atoms with Gasteiger partial charge in [-0.15, -0.1) is 0 Å². The van der Waals surface area contributed by atoms with Gasteiger partial charge in [0.25, 0.3) is 0 Å². The molecule has 1 unspecified atom stereocenters. The largest absolute Gasteiger partial charge is 0.444 e. The molecule has 1 aromatic rings. The molecule has 3 rings (SSSR count). The zero-order valence-electron chi connectivity index (χ0n) is 14.2. The van der Waals surface area contributed by atoms with E-state index >= 15 is 0 Å². The first-order valence-electron chi connectivity index (χ1n) is 7.88. The summed E-state index contributed by atoms with van der Waals surface area (Å²) in [4.78, 5) is 32.8. The van der Waals surface area contributed by atoms with Crippen molar-refractivity contribution in [1.29, 1.82) is 0 Å². The molecule has 1 atom stereocenters. The van der Waals surface area contributed by atoms with Crippen LogP contribution in [0, 0.1) is 6.92 Å². The number of amides is 2. The van der Waals surface area contributed by atoms with Crippen molar-refractivity contribution in [2.75, 3.05) is 29.9 Å². The highest BCUT2D eigenvalue weighted by molar-refractivity contribution is 9.10. The zero-order valence-corrected chi connectivity index (χ0v) is 15.8. The van der Waals surface area contributed by atoms with Crippen molar-refractivity contribution in [3.05, 3.63) is 16.2 Å². The van der Waals surface area contributed by atoms with Gasteiger partial charge in [-0.2, -0.15) is 0 Å². The lowest BCUT2D eigenvalue weighted by molar-refractivity contribution is -0.118.